The topological polar surface area (TPSA) is 44.8 Å². The van der Waals surface area contributed by atoms with E-state index < -0.39 is 0 Å². The highest BCUT2D eigenvalue weighted by atomic mass is 16.5. The van der Waals surface area contributed by atoms with Gasteiger partial charge in [0.05, 0.1) is 0 Å². The van der Waals surface area contributed by atoms with Crippen LogP contribution in [-0.4, -0.2) is 61.2 Å². The zero-order chi connectivity index (χ0) is 17.5. The lowest BCUT2D eigenvalue weighted by Crippen LogP contribution is -2.42. The summed E-state index contributed by atoms with van der Waals surface area (Å²) in [5.41, 5.74) is 1.17. The number of rotatable bonds is 6. The van der Waals surface area contributed by atoms with Crippen molar-refractivity contribution in [2.75, 3.05) is 39.3 Å². The van der Waals surface area contributed by atoms with Crippen LogP contribution in [0.15, 0.2) is 24.3 Å². The molecule has 0 aliphatic carbocycles. The van der Waals surface area contributed by atoms with E-state index in [-0.39, 0.29) is 12.6 Å². The molecule has 2 heterocycles. The molecule has 2 saturated heterocycles. The van der Waals surface area contributed by atoms with Crippen molar-refractivity contribution in [3.63, 3.8) is 0 Å². The van der Waals surface area contributed by atoms with Crippen LogP contribution in [0.25, 0.3) is 0 Å². The van der Waals surface area contributed by atoms with Crippen LogP contribution in [0, 0.1) is 12.3 Å². The molecule has 5 nitrogen and oxygen atoms in total. The monoisotopic (exact) mass is 341 g/mol. The molecule has 2 aliphatic rings. The molecule has 0 unspecified atom stereocenters. The third-order valence-electron chi connectivity index (χ3n) is 5.04. The summed E-state index contributed by atoms with van der Waals surface area (Å²) >= 11 is 0. The van der Waals surface area contributed by atoms with Crippen LogP contribution in [-0.2, 0) is 6.42 Å². The Bertz CT molecular complexity index is 602. The summed E-state index contributed by atoms with van der Waals surface area (Å²) in [4.78, 5) is 16.8. The Morgan fingerprint density at radius 3 is 2.72 bits per heavy atom. The number of likely N-dealkylation sites (tertiary alicyclic amines) is 2. The number of carbonyl (C=O) groups excluding carboxylic acids is 1. The normalized spacial score (nSPS) is 20.4. The van der Waals surface area contributed by atoms with Crippen molar-refractivity contribution in [2.45, 2.75) is 31.7 Å². The number of nitrogens with one attached hydrogen (secondary N) is 1. The van der Waals surface area contributed by atoms with Crippen molar-refractivity contribution < 1.29 is 9.53 Å². The lowest BCUT2D eigenvalue weighted by Gasteiger charge is -2.23. The van der Waals surface area contributed by atoms with Crippen LogP contribution >= 0.6 is 0 Å². The summed E-state index contributed by atoms with van der Waals surface area (Å²) in [6.07, 6.45) is 9.69. The van der Waals surface area contributed by atoms with Gasteiger partial charge in [0.1, 0.15) is 12.4 Å². The zero-order valence-electron chi connectivity index (χ0n) is 14.7. The van der Waals surface area contributed by atoms with E-state index >= 15 is 0 Å². The predicted octanol–water partition coefficient (Wildman–Crippen LogP) is 2.12. The summed E-state index contributed by atoms with van der Waals surface area (Å²) < 4.78 is 5.36. The fraction of sp³-hybridized carbons (Fsp3) is 0.550. The van der Waals surface area contributed by atoms with E-state index in [0.29, 0.717) is 12.6 Å². The van der Waals surface area contributed by atoms with Gasteiger partial charge in [0.25, 0.3) is 0 Å². The highest BCUT2D eigenvalue weighted by Gasteiger charge is 2.31. The maximum Gasteiger partial charge on any atom is 0.317 e. The third-order valence-corrected chi connectivity index (χ3v) is 5.04. The number of nitrogens with zero attached hydrogens (tertiary/aromatic N) is 2. The Kier molecular flexibility index (Phi) is 6.19. The Hall–Kier alpha value is -2.19. The van der Waals surface area contributed by atoms with E-state index in [1.807, 2.05) is 29.2 Å². The van der Waals surface area contributed by atoms with E-state index in [4.69, 9.17) is 11.2 Å². The van der Waals surface area contributed by atoms with Gasteiger partial charge in [-0.05, 0) is 56.5 Å². The lowest BCUT2D eigenvalue weighted by molar-refractivity contribution is 0.199. The van der Waals surface area contributed by atoms with Gasteiger partial charge in [0.15, 0.2) is 0 Å². The standard InChI is InChI=1S/C20H27N3O2/c1-2-15-25-19-7-5-17(6-8-19)9-11-21-20(24)23-14-10-18(16-23)22-12-3-4-13-22/h1,5-8,18H,3-4,9-16H2,(H,21,24)/t18-/m0/s1. The molecule has 2 aliphatic heterocycles. The Balaban J connectivity index is 1.37. The lowest BCUT2D eigenvalue weighted by atomic mass is 10.1. The minimum Gasteiger partial charge on any atom is -0.481 e. The Morgan fingerprint density at radius 1 is 1.24 bits per heavy atom. The van der Waals surface area contributed by atoms with Crippen molar-refractivity contribution in [1.82, 2.24) is 15.1 Å². The van der Waals surface area contributed by atoms with Crippen LogP contribution in [0.5, 0.6) is 5.75 Å². The number of urea groups is 1. The van der Waals surface area contributed by atoms with E-state index in [1.165, 1.54) is 31.5 Å². The molecule has 0 radical (unpaired) electrons. The van der Waals surface area contributed by atoms with Crippen LogP contribution in [0.3, 0.4) is 0 Å². The first-order chi connectivity index (χ1) is 12.3. The largest absolute Gasteiger partial charge is 0.481 e. The first-order valence-electron chi connectivity index (χ1n) is 9.18. The van der Waals surface area contributed by atoms with Gasteiger partial charge >= 0.3 is 6.03 Å². The molecule has 25 heavy (non-hydrogen) atoms. The molecule has 0 aromatic heterocycles. The minimum atomic E-state index is 0.0654. The van der Waals surface area contributed by atoms with Crippen LogP contribution in [0.1, 0.15) is 24.8 Å². The van der Waals surface area contributed by atoms with Gasteiger partial charge in [-0.15, -0.1) is 6.42 Å². The number of hydrogen-bond donors (Lipinski definition) is 1. The molecule has 0 bridgehead atoms. The SMILES string of the molecule is C#CCOc1ccc(CCNC(=O)N2CC[C@H](N3CCCC3)C2)cc1. The number of amides is 2. The predicted molar refractivity (Wildman–Crippen MR) is 98.7 cm³/mol. The smallest absolute Gasteiger partial charge is 0.317 e. The summed E-state index contributed by atoms with van der Waals surface area (Å²) in [7, 11) is 0. The van der Waals surface area contributed by atoms with Gasteiger partial charge in [-0.1, -0.05) is 18.1 Å². The maximum atomic E-state index is 12.3. The van der Waals surface area contributed by atoms with Crippen LogP contribution in [0.4, 0.5) is 4.79 Å². The summed E-state index contributed by atoms with van der Waals surface area (Å²) in [6, 6.07) is 8.47. The van der Waals surface area contributed by atoms with E-state index in [9.17, 15) is 4.79 Å². The summed E-state index contributed by atoms with van der Waals surface area (Å²) in [5, 5.41) is 3.04. The van der Waals surface area contributed by atoms with Crippen molar-refractivity contribution in [3.05, 3.63) is 29.8 Å². The molecular formula is C20H27N3O2. The molecular weight excluding hydrogens is 314 g/mol. The van der Waals surface area contributed by atoms with E-state index in [2.05, 4.69) is 16.1 Å². The summed E-state index contributed by atoms with van der Waals surface area (Å²) in [5.74, 6) is 3.22. The van der Waals surface area contributed by atoms with Crippen LogP contribution in [0.2, 0.25) is 0 Å². The molecule has 3 rings (SSSR count). The second-order valence-corrected chi connectivity index (χ2v) is 6.75. The first-order valence-corrected chi connectivity index (χ1v) is 9.18. The zero-order valence-corrected chi connectivity index (χ0v) is 14.7. The molecule has 2 amide bonds. The van der Waals surface area contributed by atoms with Crippen molar-refractivity contribution in [2.24, 2.45) is 0 Å². The fourth-order valence-electron chi connectivity index (χ4n) is 3.63. The average Bonchev–Trinajstić information content (AvgIpc) is 3.32. The molecule has 2 fully saturated rings. The van der Waals surface area contributed by atoms with E-state index in [0.717, 1.165) is 31.7 Å². The summed E-state index contributed by atoms with van der Waals surface area (Å²) in [6.45, 7) is 5.06. The quantitative estimate of drug-likeness (QED) is 0.806. The second-order valence-electron chi connectivity index (χ2n) is 6.75. The molecule has 134 valence electrons. The minimum absolute atomic E-state index is 0.0654. The number of carbonyl (C=O) groups is 1. The van der Waals surface area contributed by atoms with Gasteiger partial charge in [-0.3, -0.25) is 4.90 Å². The number of benzene rings is 1. The van der Waals surface area contributed by atoms with Gasteiger partial charge < -0.3 is 15.0 Å². The third kappa shape index (κ3) is 4.90. The Morgan fingerprint density at radius 2 is 2.00 bits per heavy atom. The van der Waals surface area contributed by atoms with Gasteiger partial charge in [0.2, 0.25) is 0 Å². The molecule has 5 heteroatoms. The fourth-order valence-corrected chi connectivity index (χ4v) is 3.63. The van der Waals surface area contributed by atoms with Crippen molar-refractivity contribution in [1.29, 1.82) is 0 Å². The van der Waals surface area contributed by atoms with Crippen molar-refractivity contribution >= 4 is 6.03 Å². The molecule has 1 atom stereocenters. The van der Waals surface area contributed by atoms with Crippen molar-refractivity contribution in [3.8, 4) is 18.1 Å². The van der Waals surface area contributed by atoms with E-state index in [1.54, 1.807) is 0 Å². The van der Waals surface area contributed by atoms with Crippen LogP contribution < -0.4 is 10.1 Å². The highest BCUT2D eigenvalue weighted by molar-refractivity contribution is 5.74. The highest BCUT2D eigenvalue weighted by Crippen LogP contribution is 2.20. The first kappa shape index (κ1) is 17.6. The molecule has 1 N–H and O–H groups in total. The van der Waals surface area contributed by atoms with Gasteiger partial charge in [0, 0.05) is 25.7 Å². The average molecular weight is 341 g/mol. The molecule has 0 saturated carbocycles. The van der Waals surface area contributed by atoms with Gasteiger partial charge in [-0.2, -0.15) is 0 Å². The molecule has 1 aromatic carbocycles. The number of terminal acetylenes is 1. The second kappa shape index (κ2) is 8.77. The van der Waals surface area contributed by atoms with Gasteiger partial charge in [-0.25, -0.2) is 4.79 Å². The molecule has 1 aromatic rings. The number of ether oxygens (including phenoxy) is 1. The number of hydrogen-bond acceptors (Lipinski definition) is 3. The molecule has 0 spiro atoms. The Labute approximate surface area is 150 Å². The maximum absolute atomic E-state index is 12.3.